The van der Waals surface area contributed by atoms with Crippen molar-refractivity contribution in [1.82, 2.24) is 24.9 Å². The lowest BCUT2D eigenvalue weighted by Gasteiger charge is -2.20. The average molecular weight is 419 g/mol. The largest absolute Gasteiger partial charge is 0.396 e. The van der Waals surface area contributed by atoms with Gasteiger partial charge in [-0.1, -0.05) is 0 Å². The van der Waals surface area contributed by atoms with Crippen LogP contribution in [0.3, 0.4) is 0 Å². The van der Waals surface area contributed by atoms with Crippen molar-refractivity contribution in [2.75, 3.05) is 18.8 Å². The molecule has 0 atom stereocenters. The summed E-state index contributed by atoms with van der Waals surface area (Å²) in [4.78, 5) is 8.96. The molecule has 3 N–H and O–H groups in total. The number of aromatic nitrogens is 4. The second-order valence-corrected chi connectivity index (χ2v) is 8.08. The highest BCUT2D eigenvalue weighted by Crippen LogP contribution is 2.35. The molecule has 4 aromatic rings. The third-order valence-electron chi connectivity index (χ3n) is 5.02. The van der Waals surface area contributed by atoms with Crippen LogP contribution in [0.5, 0.6) is 0 Å². The van der Waals surface area contributed by atoms with E-state index in [0.717, 1.165) is 41.3 Å². The SMILES string of the molecule is Cc1cn2nc(-c3cc(F)c4nc(C5CCNCC5)sc4c3)cc(N)c2n1.Cl. The van der Waals surface area contributed by atoms with Gasteiger partial charge in [-0.05, 0) is 51.1 Å². The zero-order valence-corrected chi connectivity index (χ0v) is 16.9. The summed E-state index contributed by atoms with van der Waals surface area (Å²) < 4.78 is 17.3. The average Bonchev–Trinajstić information content (AvgIpc) is 3.26. The van der Waals surface area contributed by atoms with Gasteiger partial charge in [0.2, 0.25) is 0 Å². The Kier molecular flexibility index (Phi) is 4.95. The summed E-state index contributed by atoms with van der Waals surface area (Å²) in [6.07, 6.45) is 3.90. The van der Waals surface area contributed by atoms with Crippen LogP contribution >= 0.6 is 23.7 Å². The molecule has 1 aliphatic rings. The van der Waals surface area contributed by atoms with Crippen molar-refractivity contribution in [1.29, 1.82) is 0 Å². The molecule has 28 heavy (non-hydrogen) atoms. The van der Waals surface area contributed by atoms with Gasteiger partial charge in [-0.25, -0.2) is 18.9 Å². The summed E-state index contributed by atoms with van der Waals surface area (Å²) in [6.45, 7) is 3.86. The quantitative estimate of drug-likeness (QED) is 0.515. The number of hydrogen-bond acceptors (Lipinski definition) is 6. The molecule has 146 valence electrons. The lowest BCUT2D eigenvalue weighted by atomic mass is 9.99. The Morgan fingerprint density at radius 1 is 1.21 bits per heavy atom. The molecular formula is C19H20ClFN6S. The fraction of sp³-hybridized carbons (Fsp3) is 0.316. The van der Waals surface area contributed by atoms with Crippen LogP contribution in [0.4, 0.5) is 10.1 Å². The molecule has 9 heteroatoms. The number of piperidine rings is 1. The number of nitrogen functional groups attached to an aromatic ring is 1. The molecule has 1 saturated heterocycles. The van der Waals surface area contributed by atoms with Gasteiger partial charge in [0, 0.05) is 11.5 Å². The number of imidazole rings is 1. The molecule has 0 amide bonds. The fourth-order valence-corrected chi connectivity index (χ4v) is 4.84. The third-order valence-corrected chi connectivity index (χ3v) is 6.19. The Labute approximate surface area is 171 Å². The zero-order chi connectivity index (χ0) is 18.5. The lowest BCUT2D eigenvalue weighted by Crippen LogP contribution is -2.26. The van der Waals surface area contributed by atoms with Gasteiger partial charge in [-0.15, -0.1) is 23.7 Å². The number of nitrogens with zero attached hydrogens (tertiary/aromatic N) is 4. The number of anilines is 1. The maximum Gasteiger partial charge on any atom is 0.177 e. The highest BCUT2D eigenvalue weighted by Gasteiger charge is 2.21. The number of fused-ring (bicyclic) bond motifs is 2. The third kappa shape index (κ3) is 3.21. The van der Waals surface area contributed by atoms with E-state index < -0.39 is 0 Å². The van der Waals surface area contributed by atoms with Gasteiger partial charge in [-0.3, -0.25) is 0 Å². The van der Waals surface area contributed by atoms with Gasteiger partial charge in [0.15, 0.2) is 11.5 Å². The lowest BCUT2D eigenvalue weighted by molar-refractivity contribution is 0.459. The number of halogens is 2. The van der Waals surface area contributed by atoms with E-state index in [1.165, 1.54) is 6.07 Å². The first-order valence-electron chi connectivity index (χ1n) is 9.02. The van der Waals surface area contributed by atoms with Gasteiger partial charge < -0.3 is 11.1 Å². The van der Waals surface area contributed by atoms with E-state index in [-0.39, 0.29) is 18.2 Å². The molecule has 0 aliphatic carbocycles. The zero-order valence-electron chi connectivity index (χ0n) is 15.3. The Bertz CT molecular complexity index is 1160. The monoisotopic (exact) mass is 418 g/mol. The molecule has 0 bridgehead atoms. The van der Waals surface area contributed by atoms with Crippen LogP contribution in [0, 0.1) is 12.7 Å². The number of aryl methyl sites for hydroxylation is 1. The number of benzene rings is 1. The van der Waals surface area contributed by atoms with Gasteiger partial charge in [-0.2, -0.15) is 5.10 Å². The predicted molar refractivity (Wildman–Crippen MR) is 113 cm³/mol. The van der Waals surface area contributed by atoms with Crippen LogP contribution < -0.4 is 11.1 Å². The van der Waals surface area contributed by atoms with Crippen LogP contribution in [0.2, 0.25) is 0 Å². The molecule has 4 heterocycles. The Balaban J connectivity index is 0.00000192. The first kappa shape index (κ1) is 19.0. The van der Waals surface area contributed by atoms with Gasteiger partial charge in [0.05, 0.1) is 33.0 Å². The minimum atomic E-state index is -0.318. The van der Waals surface area contributed by atoms with Crippen molar-refractivity contribution >= 4 is 45.3 Å². The topological polar surface area (TPSA) is 81.1 Å². The van der Waals surface area contributed by atoms with E-state index in [9.17, 15) is 4.39 Å². The number of rotatable bonds is 2. The Morgan fingerprint density at radius 3 is 2.79 bits per heavy atom. The van der Waals surface area contributed by atoms with Crippen molar-refractivity contribution in [3.05, 3.63) is 40.9 Å². The van der Waals surface area contributed by atoms with Gasteiger partial charge in [0.1, 0.15) is 5.52 Å². The van der Waals surface area contributed by atoms with Crippen molar-refractivity contribution in [2.24, 2.45) is 0 Å². The highest BCUT2D eigenvalue weighted by molar-refractivity contribution is 7.18. The van der Waals surface area contributed by atoms with Crippen LogP contribution in [0.25, 0.3) is 27.1 Å². The number of nitrogens with one attached hydrogen (secondary N) is 1. The smallest absolute Gasteiger partial charge is 0.177 e. The molecule has 1 aromatic carbocycles. The molecule has 0 saturated carbocycles. The summed E-state index contributed by atoms with van der Waals surface area (Å²) in [5.74, 6) is 0.0896. The normalized spacial score (nSPS) is 15.2. The van der Waals surface area contributed by atoms with E-state index in [0.29, 0.717) is 34.0 Å². The van der Waals surface area contributed by atoms with Crippen molar-refractivity contribution in [3.8, 4) is 11.3 Å². The van der Waals surface area contributed by atoms with Crippen molar-refractivity contribution in [3.63, 3.8) is 0 Å². The summed E-state index contributed by atoms with van der Waals surface area (Å²) in [5, 5.41) is 8.94. The Hall–Kier alpha value is -2.29. The molecule has 5 rings (SSSR count). The van der Waals surface area contributed by atoms with E-state index in [1.54, 1.807) is 21.9 Å². The second-order valence-electron chi connectivity index (χ2n) is 7.02. The van der Waals surface area contributed by atoms with E-state index in [4.69, 9.17) is 5.73 Å². The van der Waals surface area contributed by atoms with Crippen LogP contribution in [-0.4, -0.2) is 32.7 Å². The summed E-state index contributed by atoms with van der Waals surface area (Å²) in [5.41, 5.74) is 9.86. The minimum Gasteiger partial charge on any atom is -0.396 e. The van der Waals surface area contributed by atoms with Crippen LogP contribution in [0.15, 0.2) is 24.4 Å². The highest BCUT2D eigenvalue weighted by atomic mass is 35.5. The van der Waals surface area contributed by atoms with Crippen LogP contribution in [0.1, 0.15) is 29.5 Å². The molecule has 0 unspecified atom stereocenters. The molecule has 1 aliphatic heterocycles. The maximum absolute atomic E-state index is 14.8. The summed E-state index contributed by atoms with van der Waals surface area (Å²) in [6, 6.07) is 5.20. The van der Waals surface area contributed by atoms with E-state index >= 15 is 0 Å². The number of nitrogens with two attached hydrogens (primary N) is 1. The van der Waals surface area contributed by atoms with Gasteiger partial charge >= 0.3 is 0 Å². The van der Waals surface area contributed by atoms with Crippen molar-refractivity contribution in [2.45, 2.75) is 25.7 Å². The number of thiazole rings is 1. The standard InChI is InChI=1S/C19H19FN6S.ClH/c1-10-9-26-18(23-10)14(21)8-15(25-26)12-6-13(20)17-16(7-12)27-19(24-17)11-2-4-22-5-3-11;/h6-9,11,22H,2-5,21H2,1H3;1H. The predicted octanol–water partition coefficient (Wildman–Crippen LogP) is 3.92. The molecule has 1 fully saturated rings. The summed E-state index contributed by atoms with van der Waals surface area (Å²) in [7, 11) is 0. The first-order valence-corrected chi connectivity index (χ1v) is 9.84. The van der Waals surface area contributed by atoms with Gasteiger partial charge in [0.25, 0.3) is 0 Å². The number of hydrogen-bond donors (Lipinski definition) is 2. The molecule has 0 spiro atoms. The van der Waals surface area contributed by atoms with Crippen molar-refractivity contribution < 1.29 is 4.39 Å². The summed E-state index contributed by atoms with van der Waals surface area (Å²) >= 11 is 1.58. The molecule has 0 radical (unpaired) electrons. The maximum atomic E-state index is 14.8. The minimum absolute atomic E-state index is 0. The van der Waals surface area contributed by atoms with E-state index in [1.807, 2.05) is 19.2 Å². The Morgan fingerprint density at radius 2 is 2.00 bits per heavy atom. The molecule has 3 aromatic heterocycles. The fourth-order valence-electron chi connectivity index (χ4n) is 3.65. The first-order chi connectivity index (χ1) is 13.1. The second kappa shape index (κ2) is 7.27. The molecular weight excluding hydrogens is 399 g/mol. The molecule has 6 nitrogen and oxygen atoms in total. The van der Waals surface area contributed by atoms with Crippen LogP contribution in [-0.2, 0) is 0 Å². The van der Waals surface area contributed by atoms with E-state index in [2.05, 4.69) is 20.4 Å².